The summed E-state index contributed by atoms with van der Waals surface area (Å²) >= 11 is 0. The molecule has 0 radical (unpaired) electrons. The van der Waals surface area contributed by atoms with Crippen molar-refractivity contribution in [1.29, 1.82) is 0 Å². The minimum atomic E-state index is -0.412. The Morgan fingerprint density at radius 1 is 1.40 bits per heavy atom. The molecule has 20 heavy (non-hydrogen) atoms. The van der Waals surface area contributed by atoms with Gasteiger partial charge in [0.2, 0.25) is 5.89 Å². The summed E-state index contributed by atoms with van der Waals surface area (Å²) in [5.74, 6) is 1.07. The van der Waals surface area contributed by atoms with Crippen molar-refractivity contribution < 1.29 is 9.45 Å². The standard InChI is InChI=1S/C12H15N5O3/c1-8-15-11(20-16-8)6-7-14-10-5-3-4-9(13-2)12(10)17(18)19/h3-5,13-14H,6-7H2,1-2H3. The van der Waals surface area contributed by atoms with E-state index in [0.717, 1.165) is 0 Å². The Bertz CT molecular complexity index is 611. The van der Waals surface area contributed by atoms with Gasteiger partial charge in [-0.15, -0.1) is 0 Å². The van der Waals surface area contributed by atoms with E-state index in [1.54, 1.807) is 32.2 Å². The molecule has 0 aliphatic rings. The Balaban J connectivity index is 2.07. The average Bonchev–Trinajstić information content (AvgIpc) is 2.83. The Hall–Kier alpha value is -2.64. The van der Waals surface area contributed by atoms with Crippen LogP contribution >= 0.6 is 0 Å². The number of nitrogens with zero attached hydrogens (tertiary/aromatic N) is 3. The second kappa shape index (κ2) is 6.00. The van der Waals surface area contributed by atoms with E-state index in [0.29, 0.717) is 36.1 Å². The quantitative estimate of drug-likeness (QED) is 0.614. The summed E-state index contributed by atoms with van der Waals surface area (Å²) in [5.41, 5.74) is 0.948. The second-order valence-corrected chi connectivity index (χ2v) is 4.12. The summed E-state index contributed by atoms with van der Waals surface area (Å²) in [6.45, 7) is 2.21. The molecule has 1 aromatic carbocycles. The van der Waals surface area contributed by atoms with Crippen molar-refractivity contribution >= 4 is 17.1 Å². The smallest absolute Gasteiger partial charge is 0.315 e. The maximum atomic E-state index is 11.1. The van der Waals surface area contributed by atoms with Crippen molar-refractivity contribution in [3.63, 3.8) is 0 Å². The third-order valence-electron chi connectivity index (χ3n) is 2.71. The lowest BCUT2D eigenvalue weighted by Gasteiger charge is -2.08. The summed E-state index contributed by atoms with van der Waals surface area (Å²) in [6.07, 6.45) is 0.502. The second-order valence-electron chi connectivity index (χ2n) is 4.12. The molecule has 8 heteroatoms. The van der Waals surface area contributed by atoms with Gasteiger partial charge in [-0.1, -0.05) is 11.2 Å². The molecule has 0 amide bonds. The molecule has 106 valence electrons. The molecule has 0 bridgehead atoms. The van der Waals surface area contributed by atoms with Crippen molar-refractivity contribution in [3.05, 3.63) is 40.0 Å². The fourth-order valence-electron chi connectivity index (χ4n) is 1.83. The fourth-order valence-corrected chi connectivity index (χ4v) is 1.83. The first-order valence-corrected chi connectivity index (χ1v) is 6.10. The first-order valence-electron chi connectivity index (χ1n) is 6.10. The lowest BCUT2D eigenvalue weighted by Crippen LogP contribution is -2.08. The zero-order chi connectivity index (χ0) is 14.5. The molecule has 8 nitrogen and oxygen atoms in total. The Kier molecular flexibility index (Phi) is 4.14. The van der Waals surface area contributed by atoms with Gasteiger partial charge in [-0.3, -0.25) is 10.1 Å². The predicted molar refractivity (Wildman–Crippen MR) is 73.9 cm³/mol. The van der Waals surface area contributed by atoms with Crippen molar-refractivity contribution in [2.45, 2.75) is 13.3 Å². The fraction of sp³-hybridized carbons (Fsp3) is 0.333. The molecular formula is C12H15N5O3. The van der Waals surface area contributed by atoms with Crippen LogP contribution in [0.1, 0.15) is 11.7 Å². The van der Waals surface area contributed by atoms with Crippen LogP contribution in [0.5, 0.6) is 0 Å². The van der Waals surface area contributed by atoms with Gasteiger partial charge in [-0.05, 0) is 19.1 Å². The molecule has 0 spiro atoms. The lowest BCUT2D eigenvalue weighted by molar-refractivity contribution is -0.383. The Morgan fingerprint density at radius 2 is 2.15 bits per heavy atom. The number of anilines is 2. The molecule has 1 aromatic heterocycles. The number of aryl methyl sites for hydroxylation is 1. The molecule has 0 fully saturated rings. The van der Waals surface area contributed by atoms with Crippen molar-refractivity contribution in [1.82, 2.24) is 10.1 Å². The summed E-state index contributed by atoms with van der Waals surface area (Å²) in [6, 6.07) is 5.07. The van der Waals surface area contributed by atoms with Gasteiger partial charge in [0.05, 0.1) is 4.92 Å². The number of nitro groups is 1. The van der Waals surface area contributed by atoms with E-state index in [-0.39, 0.29) is 5.69 Å². The van der Waals surface area contributed by atoms with E-state index >= 15 is 0 Å². The van der Waals surface area contributed by atoms with E-state index in [1.165, 1.54) is 0 Å². The number of hydrogen-bond acceptors (Lipinski definition) is 7. The highest BCUT2D eigenvalue weighted by atomic mass is 16.6. The summed E-state index contributed by atoms with van der Waals surface area (Å²) in [4.78, 5) is 14.8. The number of nitrogens with one attached hydrogen (secondary N) is 2. The highest BCUT2D eigenvalue weighted by Gasteiger charge is 2.18. The van der Waals surface area contributed by atoms with Crippen LogP contribution in [0, 0.1) is 17.0 Å². The minimum Gasteiger partial charge on any atom is -0.382 e. The summed E-state index contributed by atoms with van der Waals surface area (Å²) < 4.78 is 4.98. The Morgan fingerprint density at radius 3 is 2.75 bits per heavy atom. The van der Waals surface area contributed by atoms with Crippen LogP contribution in [-0.4, -0.2) is 28.7 Å². The van der Waals surface area contributed by atoms with Crippen molar-refractivity contribution in [3.8, 4) is 0 Å². The SMILES string of the molecule is CNc1cccc(NCCc2nc(C)no2)c1[N+](=O)[O-]. The largest absolute Gasteiger partial charge is 0.382 e. The van der Waals surface area contributed by atoms with Gasteiger partial charge in [-0.2, -0.15) is 4.98 Å². The van der Waals surface area contributed by atoms with Crippen LogP contribution in [0.2, 0.25) is 0 Å². The van der Waals surface area contributed by atoms with Gasteiger partial charge in [-0.25, -0.2) is 0 Å². The number of para-hydroxylation sites is 1. The summed E-state index contributed by atoms with van der Waals surface area (Å²) in [5, 5.41) is 20.6. The minimum absolute atomic E-state index is 0.0247. The Labute approximate surface area is 115 Å². The molecule has 0 aliphatic carbocycles. The van der Waals surface area contributed by atoms with Gasteiger partial charge in [0, 0.05) is 20.0 Å². The van der Waals surface area contributed by atoms with Gasteiger partial charge >= 0.3 is 5.69 Å². The van der Waals surface area contributed by atoms with Crippen molar-refractivity contribution in [2.75, 3.05) is 24.2 Å². The molecule has 1 heterocycles. The van der Waals surface area contributed by atoms with Gasteiger partial charge in [0.25, 0.3) is 0 Å². The zero-order valence-corrected chi connectivity index (χ0v) is 11.2. The van der Waals surface area contributed by atoms with Gasteiger partial charge < -0.3 is 15.2 Å². The number of aromatic nitrogens is 2. The van der Waals surface area contributed by atoms with Crippen LogP contribution in [0.25, 0.3) is 0 Å². The molecule has 0 unspecified atom stereocenters. The van der Waals surface area contributed by atoms with Crippen LogP contribution < -0.4 is 10.6 Å². The molecule has 0 saturated heterocycles. The molecular weight excluding hydrogens is 262 g/mol. The number of nitro benzene ring substituents is 1. The number of benzene rings is 1. The monoisotopic (exact) mass is 277 g/mol. The van der Waals surface area contributed by atoms with Crippen molar-refractivity contribution in [2.24, 2.45) is 0 Å². The van der Waals surface area contributed by atoms with Crippen LogP contribution in [0.4, 0.5) is 17.1 Å². The third-order valence-corrected chi connectivity index (χ3v) is 2.71. The molecule has 2 N–H and O–H groups in total. The van der Waals surface area contributed by atoms with Crippen LogP contribution in [-0.2, 0) is 6.42 Å². The first-order chi connectivity index (χ1) is 9.61. The molecule has 0 aliphatic heterocycles. The third kappa shape index (κ3) is 3.02. The highest BCUT2D eigenvalue weighted by Crippen LogP contribution is 2.32. The van der Waals surface area contributed by atoms with E-state index in [4.69, 9.17) is 4.52 Å². The molecule has 0 atom stereocenters. The predicted octanol–water partition coefficient (Wildman–Crippen LogP) is 1.98. The van der Waals surface area contributed by atoms with Crippen LogP contribution in [0.3, 0.4) is 0 Å². The zero-order valence-electron chi connectivity index (χ0n) is 11.2. The van der Waals surface area contributed by atoms with Gasteiger partial charge in [0.1, 0.15) is 11.4 Å². The maximum Gasteiger partial charge on any atom is 0.315 e. The number of hydrogen-bond donors (Lipinski definition) is 2. The summed E-state index contributed by atoms with van der Waals surface area (Å²) in [7, 11) is 1.65. The van der Waals surface area contributed by atoms with E-state index in [1.807, 2.05) is 0 Å². The molecule has 2 aromatic rings. The molecule has 0 saturated carbocycles. The first kappa shape index (κ1) is 13.8. The normalized spacial score (nSPS) is 10.3. The van der Waals surface area contributed by atoms with E-state index in [2.05, 4.69) is 20.8 Å². The maximum absolute atomic E-state index is 11.1. The van der Waals surface area contributed by atoms with Gasteiger partial charge in [0.15, 0.2) is 5.82 Å². The van der Waals surface area contributed by atoms with Crippen LogP contribution in [0.15, 0.2) is 22.7 Å². The molecule has 2 rings (SSSR count). The van der Waals surface area contributed by atoms with E-state index in [9.17, 15) is 10.1 Å². The topological polar surface area (TPSA) is 106 Å². The number of rotatable bonds is 6. The lowest BCUT2D eigenvalue weighted by atomic mass is 10.2. The average molecular weight is 277 g/mol. The van der Waals surface area contributed by atoms with E-state index < -0.39 is 4.92 Å². The highest BCUT2D eigenvalue weighted by molar-refractivity contribution is 5.75.